The number of carboxylic acid groups (broad SMARTS) is 1. The fourth-order valence-electron chi connectivity index (χ4n) is 2.48. The van der Waals surface area contributed by atoms with E-state index in [2.05, 4.69) is 0 Å². The maximum Gasteiger partial charge on any atom is 0.331 e. The summed E-state index contributed by atoms with van der Waals surface area (Å²) in [7, 11) is 0. The zero-order chi connectivity index (χ0) is 10.3. The molecular formula is C10H13NO3. The Balaban J connectivity index is 2.26. The summed E-state index contributed by atoms with van der Waals surface area (Å²) >= 11 is 0. The third-order valence-electron chi connectivity index (χ3n) is 3.03. The smallest absolute Gasteiger partial charge is 0.331 e. The molecule has 1 amide bonds. The fraction of sp³-hybridized carbons (Fsp3) is 0.600. The highest BCUT2D eigenvalue weighted by atomic mass is 16.4. The molecule has 0 radical (unpaired) electrons. The predicted octanol–water partition coefficient (Wildman–Crippen LogP) is 0.781. The number of carbonyl (C=O) groups excluding carboxylic acids is 1. The molecule has 2 aliphatic heterocycles. The van der Waals surface area contributed by atoms with Crippen LogP contribution in [0.25, 0.3) is 0 Å². The molecule has 0 saturated carbocycles. The highest BCUT2D eigenvalue weighted by Crippen LogP contribution is 2.34. The van der Waals surface area contributed by atoms with Crippen molar-refractivity contribution in [2.45, 2.75) is 38.3 Å². The van der Waals surface area contributed by atoms with Crippen molar-refractivity contribution in [2.75, 3.05) is 0 Å². The molecule has 0 aromatic carbocycles. The fourth-order valence-corrected chi connectivity index (χ4v) is 2.48. The average Bonchev–Trinajstić information content (AvgIpc) is 2.37. The van der Waals surface area contributed by atoms with Gasteiger partial charge in [-0.05, 0) is 19.3 Å². The van der Waals surface area contributed by atoms with Crippen LogP contribution in [0.3, 0.4) is 0 Å². The summed E-state index contributed by atoms with van der Waals surface area (Å²) in [6.45, 7) is 1.55. The van der Waals surface area contributed by atoms with Gasteiger partial charge in [0.15, 0.2) is 0 Å². The molecule has 0 aromatic heterocycles. The molecule has 2 heterocycles. The summed E-state index contributed by atoms with van der Waals surface area (Å²) in [5, 5.41) is 8.85. The van der Waals surface area contributed by atoms with Crippen molar-refractivity contribution >= 4 is 11.9 Å². The van der Waals surface area contributed by atoms with E-state index < -0.39 is 5.97 Å². The van der Waals surface area contributed by atoms with E-state index in [0.717, 1.165) is 12.8 Å². The summed E-state index contributed by atoms with van der Waals surface area (Å²) < 4.78 is 0. The molecule has 2 bridgehead atoms. The van der Waals surface area contributed by atoms with Crippen LogP contribution in [0.1, 0.15) is 26.2 Å². The quantitative estimate of drug-likeness (QED) is 0.672. The Morgan fingerprint density at radius 3 is 2.71 bits per heavy atom. The van der Waals surface area contributed by atoms with E-state index >= 15 is 0 Å². The van der Waals surface area contributed by atoms with Gasteiger partial charge in [-0.3, -0.25) is 4.79 Å². The van der Waals surface area contributed by atoms with Crippen LogP contribution in [0.5, 0.6) is 0 Å². The van der Waals surface area contributed by atoms with Crippen LogP contribution < -0.4 is 0 Å². The lowest BCUT2D eigenvalue weighted by molar-refractivity contribution is -0.135. The van der Waals surface area contributed by atoms with Gasteiger partial charge in [0, 0.05) is 18.5 Å². The van der Waals surface area contributed by atoms with E-state index in [1.54, 1.807) is 13.0 Å². The molecule has 1 N–H and O–H groups in total. The minimum atomic E-state index is -0.842. The monoisotopic (exact) mass is 195 g/mol. The number of amides is 1. The molecule has 76 valence electrons. The first-order chi connectivity index (χ1) is 6.59. The van der Waals surface area contributed by atoms with Crippen LogP contribution in [0.15, 0.2) is 11.6 Å². The Morgan fingerprint density at radius 1 is 1.50 bits per heavy atom. The van der Waals surface area contributed by atoms with E-state index in [9.17, 15) is 9.59 Å². The van der Waals surface area contributed by atoms with E-state index in [-0.39, 0.29) is 18.0 Å². The molecule has 2 unspecified atom stereocenters. The zero-order valence-electron chi connectivity index (χ0n) is 8.06. The number of nitrogens with zero attached hydrogens (tertiary/aromatic N) is 1. The van der Waals surface area contributed by atoms with Gasteiger partial charge in [0.05, 0.1) is 6.04 Å². The molecule has 14 heavy (non-hydrogen) atoms. The highest BCUT2D eigenvalue weighted by molar-refractivity contribution is 5.88. The third-order valence-corrected chi connectivity index (χ3v) is 3.03. The van der Waals surface area contributed by atoms with Crippen molar-refractivity contribution < 1.29 is 14.7 Å². The SMILES string of the molecule is CC(=O)N1C2C=C(C(=O)O)CC1CC2. The number of rotatable bonds is 1. The molecular weight excluding hydrogens is 182 g/mol. The molecule has 1 saturated heterocycles. The second-order valence-corrected chi connectivity index (χ2v) is 3.93. The summed E-state index contributed by atoms with van der Waals surface area (Å²) in [6, 6.07) is 0.144. The number of hydrogen-bond acceptors (Lipinski definition) is 2. The maximum absolute atomic E-state index is 11.3. The van der Waals surface area contributed by atoms with Crippen molar-refractivity contribution in [3.8, 4) is 0 Å². The topological polar surface area (TPSA) is 57.6 Å². The summed E-state index contributed by atoms with van der Waals surface area (Å²) in [6.07, 6.45) is 4.07. The van der Waals surface area contributed by atoms with Gasteiger partial charge in [-0.2, -0.15) is 0 Å². The number of carbonyl (C=O) groups is 2. The number of fused-ring (bicyclic) bond motifs is 2. The summed E-state index contributed by atoms with van der Waals surface area (Å²) in [4.78, 5) is 23.9. The van der Waals surface area contributed by atoms with E-state index in [1.807, 2.05) is 4.90 Å². The Kier molecular flexibility index (Phi) is 2.06. The van der Waals surface area contributed by atoms with E-state index in [0.29, 0.717) is 12.0 Å². The molecule has 2 rings (SSSR count). The van der Waals surface area contributed by atoms with Gasteiger partial charge in [0.25, 0.3) is 0 Å². The van der Waals surface area contributed by atoms with Crippen LogP contribution in [0.2, 0.25) is 0 Å². The van der Waals surface area contributed by atoms with Crippen molar-refractivity contribution in [1.29, 1.82) is 0 Å². The minimum Gasteiger partial charge on any atom is -0.478 e. The minimum absolute atomic E-state index is 0.0253. The van der Waals surface area contributed by atoms with Crippen LogP contribution in [-0.2, 0) is 9.59 Å². The summed E-state index contributed by atoms with van der Waals surface area (Å²) in [5.74, 6) is -0.789. The van der Waals surface area contributed by atoms with Gasteiger partial charge >= 0.3 is 5.97 Å². The molecule has 2 atom stereocenters. The Labute approximate surface area is 82.2 Å². The molecule has 4 heteroatoms. The first-order valence-electron chi connectivity index (χ1n) is 4.82. The van der Waals surface area contributed by atoms with Gasteiger partial charge in [-0.1, -0.05) is 6.08 Å². The normalized spacial score (nSPS) is 30.1. The third kappa shape index (κ3) is 1.31. The number of aliphatic carboxylic acids is 1. The Bertz CT molecular complexity index is 321. The van der Waals surface area contributed by atoms with Gasteiger partial charge < -0.3 is 10.0 Å². The Hall–Kier alpha value is -1.32. The zero-order valence-corrected chi connectivity index (χ0v) is 8.06. The van der Waals surface area contributed by atoms with Crippen LogP contribution in [-0.4, -0.2) is 34.0 Å². The predicted molar refractivity (Wildman–Crippen MR) is 49.7 cm³/mol. The molecule has 0 aliphatic carbocycles. The largest absolute Gasteiger partial charge is 0.478 e. The number of hydrogen-bond donors (Lipinski definition) is 1. The lowest BCUT2D eigenvalue weighted by Gasteiger charge is -2.32. The molecule has 4 nitrogen and oxygen atoms in total. The van der Waals surface area contributed by atoms with Gasteiger partial charge in [-0.25, -0.2) is 4.79 Å². The second-order valence-electron chi connectivity index (χ2n) is 3.93. The van der Waals surface area contributed by atoms with Gasteiger partial charge in [0.2, 0.25) is 5.91 Å². The van der Waals surface area contributed by atoms with Crippen LogP contribution in [0, 0.1) is 0 Å². The van der Waals surface area contributed by atoms with Crippen LogP contribution in [0.4, 0.5) is 0 Å². The van der Waals surface area contributed by atoms with E-state index in [1.165, 1.54) is 0 Å². The maximum atomic E-state index is 11.3. The molecule has 0 spiro atoms. The lowest BCUT2D eigenvalue weighted by atomic mass is 10.0. The molecule has 1 fully saturated rings. The van der Waals surface area contributed by atoms with Crippen molar-refractivity contribution in [3.05, 3.63) is 11.6 Å². The number of carboxylic acids is 1. The molecule has 0 aromatic rings. The van der Waals surface area contributed by atoms with E-state index in [4.69, 9.17) is 5.11 Å². The Morgan fingerprint density at radius 2 is 2.21 bits per heavy atom. The standard InChI is InChI=1S/C10H13NO3/c1-6(12)11-8-2-3-9(11)5-7(4-8)10(13)14/h4,8-9H,2-3,5H2,1H3,(H,13,14). The lowest BCUT2D eigenvalue weighted by Crippen LogP contribution is -2.42. The van der Waals surface area contributed by atoms with Crippen molar-refractivity contribution in [2.24, 2.45) is 0 Å². The van der Waals surface area contributed by atoms with Crippen LogP contribution >= 0.6 is 0 Å². The summed E-state index contributed by atoms with van der Waals surface area (Å²) in [5.41, 5.74) is 0.468. The van der Waals surface area contributed by atoms with Crippen molar-refractivity contribution in [3.63, 3.8) is 0 Å². The van der Waals surface area contributed by atoms with Gasteiger partial charge in [-0.15, -0.1) is 0 Å². The van der Waals surface area contributed by atoms with Gasteiger partial charge in [0.1, 0.15) is 0 Å². The van der Waals surface area contributed by atoms with Crippen molar-refractivity contribution in [1.82, 2.24) is 4.90 Å². The first-order valence-corrected chi connectivity index (χ1v) is 4.82. The first kappa shape index (κ1) is 9.24. The second kappa shape index (κ2) is 3.12. The average molecular weight is 195 g/mol. The molecule has 2 aliphatic rings. The highest BCUT2D eigenvalue weighted by Gasteiger charge is 2.39.